The fraction of sp³-hybridized carbons (Fsp3) is 0.417. The van der Waals surface area contributed by atoms with Crippen molar-refractivity contribution < 1.29 is 9.90 Å². The highest BCUT2D eigenvalue weighted by atomic mass is 16.3. The molecule has 0 amide bonds. The molecule has 0 fully saturated rings. The van der Waals surface area contributed by atoms with Crippen molar-refractivity contribution in [3.63, 3.8) is 0 Å². The number of isocyanates is 1. The number of nitrogens with zero attached hydrogens (tertiary/aromatic N) is 1. The molecule has 3 nitrogen and oxygen atoms in total. The van der Waals surface area contributed by atoms with E-state index >= 15 is 0 Å². The summed E-state index contributed by atoms with van der Waals surface area (Å²) in [6.45, 7) is 1.95. The van der Waals surface area contributed by atoms with Crippen LogP contribution in [0, 0.1) is 0 Å². The van der Waals surface area contributed by atoms with E-state index in [0.717, 1.165) is 18.4 Å². The van der Waals surface area contributed by atoms with Crippen LogP contribution in [0.4, 0.5) is 0 Å². The molecular formula is C12H13NO2. The fourth-order valence-electron chi connectivity index (χ4n) is 2.13. The summed E-state index contributed by atoms with van der Waals surface area (Å²) in [5.41, 5.74) is 1.98. The minimum Gasteiger partial charge on any atom is -0.508 e. The van der Waals surface area contributed by atoms with E-state index in [2.05, 4.69) is 4.99 Å². The van der Waals surface area contributed by atoms with Gasteiger partial charge in [-0.3, -0.25) is 0 Å². The SMILES string of the molecule is CC1(N=C=O)CCc2ccc(O)cc2C1. The molecule has 0 aromatic heterocycles. The molecule has 1 aliphatic carbocycles. The zero-order valence-electron chi connectivity index (χ0n) is 8.66. The second-order valence-electron chi connectivity index (χ2n) is 4.33. The summed E-state index contributed by atoms with van der Waals surface area (Å²) < 4.78 is 0. The molecule has 1 unspecified atom stereocenters. The molecular weight excluding hydrogens is 190 g/mol. The molecule has 1 aromatic rings. The Bertz CT molecular complexity index is 435. The van der Waals surface area contributed by atoms with Crippen molar-refractivity contribution >= 4 is 6.08 Å². The van der Waals surface area contributed by atoms with Crippen molar-refractivity contribution in [3.05, 3.63) is 29.3 Å². The Labute approximate surface area is 88.5 Å². The van der Waals surface area contributed by atoms with Gasteiger partial charge in [-0.05, 0) is 49.4 Å². The normalized spacial score (nSPS) is 24.1. The summed E-state index contributed by atoms with van der Waals surface area (Å²) in [6, 6.07) is 5.40. The average Bonchev–Trinajstić information content (AvgIpc) is 2.17. The molecule has 0 saturated carbocycles. The van der Waals surface area contributed by atoms with Gasteiger partial charge in [0.15, 0.2) is 0 Å². The van der Waals surface area contributed by atoms with E-state index in [1.807, 2.05) is 13.0 Å². The maximum Gasteiger partial charge on any atom is 0.235 e. The van der Waals surface area contributed by atoms with Crippen LogP contribution in [-0.4, -0.2) is 16.7 Å². The molecule has 0 spiro atoms. The Kier molecular flexibility index (Phi) is 2.33. The van der Waals surface area contributed by atoms with Crippen molar-refractivity contribution in [2.24, 2.45) is 4.99 Å². The molecule has 3 heteroatoms. The van der Waals surface area contributed by atoms with Gasteiger partial charge in [0.2, 0.25) is 6.08 Å². The monoisotopic (exact) mass is 203 g/mol. The van der Waals surface area contributed by atoms with Crippen LogP contribution in [0.25, 0.3) is 0 Å². The van der Waals surface area contributed by atoms with Gasteiger partial charge in [0, 0.05) is 0 Å². The first-order valence-corrected chi connectivity index (χ1v) is 5.03. The molecule has 2 rings (SSSR count). The molecule has 1 atom stereocenters. The zero-order valence-corrected chi connectivity index (χ0v) is 8.66. The lowest BCUT2D eigenvalue weighted by Crippen LogP contribution is -2.30. The fourth-order valence-corrected chi connectivity index (χ4v) is 2.13. The minimum atomic E-state index is -0.345. The smallest absolute Gasteiger partial charge is 0.235 e. The number of aromatic hydroxyl groups is 1. The van der Waals surface area contributed by atoms with Gasteiger partial charge in [-0.15, -0.1) is 0 Å². The second kappa shape index (κ2) is 3.52. The Hall–Kier alpha value is -1.60. The first-order chi connectivity index (χ1) is 7.13. The molecule has 1 aliphatic rings. The van der Waals surface area contributed by atoms with E-state index in [4.69, 9.17) is 0 Å². The predicted octanol–water partition coefficient (Wildman–Crippen LogP) is 1.98. The molecule has 1 N–H and O–H groups in total. The number of phenols is 1. The van der Waals surface area contributed by atoms with Gasteiger partial charge in [-0.25, -0.2) is 4.79 Å². The van der Waals surface area contributed by atoms with Gasteiger partial charge in [0.1, 0.15) is 5.75 Å². The van der Waals surface area contributed by atoms with Gasteiger partial charge >= 0.3 is 0 Å². The van der Waals surface area contributed by atoms with Gasteiger partial charge in [0.25, 0.3) is 0 Å². The summed E-state index contributed by atoms with van der Waals surface area (Å²) in [6.07, 6.45) is 4.10. The molecule has 1 aromatic carbocycles. The largest absolute Gasteiger partial charge is 0.508 e. The highest BCUT2D eigenvalue weighted by molar-refractivity contribution is 5.40. The number of aliphatic imine (C=N–C) groups is 1. The first kappa shape index (κ1) is 9.94. The molecule has 0 radical (unpaired) electrons. The van der Waals surface area contributed by atoms with E-state index in [0.29, 0.717) is 6.42 Å². The summed E-state index contributed by atoms with van der Waals surface area (Å²) in [7, 11) is 0. The van der Waals surface area contributed by atoms with Crippen LogP contribution in [0.2, 0.25) is 0 Å². The lowest BCUT2D eigenvalue weighted by Gasteiger charge is -2.29. The highest BCUT2D eigenvalue weighted by Gasteiger charge is 2.29. The Morgan fingerprint density at radius 2 is 2.27 bits per heavy atom. The molecule has 0 bridgehead atoms. The van der Waals surface area contributed by atoms with Crippen LogP contribution in [0.15, 0.2) is 23.2 Å². The van der Waals surface area contributed by atoms with Crippen molar-refractivity contribution in [2.45, 2.75) is 31.7 Å². The zero-order chi connectivity index (χ0) is 10.9. The number of aryl methyl sites for hydroxylation is 1. The van der Waals surface area contributed by atoms with Gasteiger partial charge in [-0.1, -0.05) is 6.07 Å². The van der Waals surface area contributed by atoms with Crippen LogP contribution >= 0.6 is 0 Å². The number of fused-ring (bicyclic) bond motifs is 1. The van der Waals surface area contributed by atoms with E-state index in [1.165, 1.54) is 5.56 Å². The Balaban J connectivity index is 2.36. The first-order valence-electron chi connectivity index (χ1n) is 5.03. The van der Waals surface area contributed by atoms with Crippen molar-refractivity contribution in [1.29, 1.82) is 0 Å². The van der Waals surface area contributed by atoms with Crippen LogP contribution < -0.4 is 0 Å². The molecule has 0 saturated heterocycles. The van der Waals surface area contributed by atoms with Gasteiger partial charge < -0.3 is 5.11 Å². The minimum absolute atomic E-state index is 0.271. The number of hydrogen-bond acceptors (Lipinski definition) is 3. The van der Waals surface area contributed by atoms with Crippen molar-refractivity contribution in [1.82, 2.24) is 0 Å². The van der Waals surface area contributed by atoms with Crippen LogP contribution in [0.3, 0.4) is 0 Å². The van der Waals surface area contributed by atoms with E-state index < -0.39 is 0 Å². The van der Waals surface area contributed by atoms with Gasteiger partial charge in [-0.2, -0.15) is 4.99 Å². The van der Waals surface area contributed by atoms with Crippen molar-refractivity contribution in [2.75, 3.05) is 0 Å². The lowest BCUT2D eigenvalue weighted by atomic mass is 9.79. The number of rotatable bonds is 1. The second-order valence-corrected chi connectivity index (χ2v) is 4.33. The van der Waals surface area contributed by atoms with Gasteiger partial charge in [0.05, 0.1) is 5.54 Å². The third kappa shape index (κ3) is 1.92. The molecule has 0 aliphatic heterocycles. The number of phenolic OH excluding ortho intramolecular Hbond substituents is 1. The maximum absolute atomic E-state index is 10.3. The number of benzene rings is 1. The Morgan fingerprint density at radius 3 is 3.00 bits per heavy atom. The van der Waals surface area contributed by atoms with Crippen LogP contribution in [-0.2, 0) is 17.6 Å². The highest BCUT2D eigenvalue weighted by Crippen LogP contribution is 2.32. The number of carbonyl (C=O) groups excluding carboxylic acids is 1. The van der Waals surface area contributed by atoms with Crippen LogP contribution in [0.5, 0.6) is 5.75 Å². The summed E-state index contributed by atoms with van der Waals surface area (Å²) in [4.78, 5) is 14.2. The molecule has 0 heterocycles. The van der Waals surface area contributed by atoms with E-state index in [-0.39, 0.29) is 11.3 Å². The Morgan fingerprint density at radius 1 is 1.47 bits per heavy atom. The van der Waals surface area contributed by atoms with Crippen molar-refractivity contribution in [3.8, 4) is 5.75 Å². The maximum atomic E-state index is 10.3. The molecule has 15 heavy (non-hydrogen) atoms. The third-order valence-corrected chi connectivity index (χ3v) is 3.01. The quantitative estimate of drug-likeness (QED) is 0.560. The molecule has 78 valence electrons. The summed E-state index contributed by atoms with van der Waals surface area (Å²) in [5.74, 6) is 0.271. The topological polar surface area (TPSA) is 49.7 Å². The average molecular weight is 203 g/mol. The summed E-state index contributed by atoms with van der Waals surface area (Å²) >= 11 is 0. The van der Waals surface area contributed by atoms with Crippen LogP contribution in [0.1, 0.15) is 24.5 Å². The lowest BCUT2D eigenvalue weighted by molar-refractivity contribution is 0.405. The summed E-state index contributed by atoms with van der Waals surface area (Å²) in [5, 5.41) is 9.38. The third-order valence-electron chi connectivity index (χ3n) is 3.01. The predicted molar refractivity (Wildman–Crippen MR) is 56.7 cm³/mol. The number of hydrogen-bond donors (Lipinski definition) is 1. The van der Waals surface area contributed by atoms with E-state index in [9.17, 15) is 9.90 Å². The standard InChI is InChI=1S/C12H13NO2/c1-12(13-8-14)5-4-9-2-3-11(15)6-10(9)7-12/h2-3,6,15H,4-5,7H2,1H3. The van der Waals surface area contributed by atoms with E-state index in [1.54, 1.807) is 18.2 Å².